The van der Waals surface area contributed by atoms with Crippen LogP contribution in [-0.4, -0.2) is 9.55 Å². The Labute approximate surface area is 129 Å². The molecule has 2 nitrogen and oxygen atoms in total. The van der Waals surface area contributed by atoms with E-state index in [0.717, 1.165) is 28.7 Å². The normalized spacial score (nSPS) is 15.0. The summed E-state index contributed by atoms with van der Waals surface area (Å²) in [4.78, 5) is 4.40. The lowest BCUT2D eigenvalue weighted by Crippen LogP contribution is -2.20. The van der Waals surface area contributed by atoms with E-state index in [1.807, 2.05) is 33.8 Å². The highest BCUT2D eigenvalue weighted by Gasteiger charge is 2.32. The van der Waals surface area contributed by atoms with Crippen LogP contribution < -0.4 is 0 Å². The number of hydrogen-bond donors (Lipinski definition) is 0. The van der Waals surface area contributed by atoms with Crippen molar-refractivity contribution in [3.63, 3.8) is 0 Å². The molecule has 0 atom stereocenters. The molecular formula is C16H24BrFN2. The first-order valence-electron chi connectivity index (χ1n) is 7.36. The number of halogens is 2. The van der Waals surface area contributed by atoms with Gasteiger partial charge >= 0.3 is 0 Å². The van der Waals surface area contributed by atoms with Gasteiger partial charge in [-0.05, 0) is 32.4 Å². The lowest BCUT2D eigenvalue weighted by molar-refractivity contribution is 0.386. The average molecular weight is 343 g/mol. The summed E-state index contributed by atoms with van der Waals surface area (Å²) in [6.07, 6.45) is 2.00. The first kappa shape index (κ1) is 17.2. The van der Waals surface area contributed by atoms with Crippen molar-refractivity contribution in [1.29, 1.82) is 0 Å². The van der Waals surface area contributed by atoms with Crippen molar-refractivity contribution in [1.82, 2.24) is 9.55 Å². The second-order valence-electron chi connectivity index (χ2n) is 4.93. The third-order valence-corrected chi connectivity index (χ3v) is 3.77. The van der Waals surface area contributed by atoms with Crippen LogP contribution in [0.4, 0.5) is 4.39 Å². The van der Waals surface area contributed by atoms with Crippen molar-refractivity contribution >= 4 is 27.0 Å². The van der Waals surface area contributed by atoms with Gasteiger partial charge in [-0.2, -0.15) is 0 Å². The first-order valence-corrected chi connectivity index (χ1v) is 8.15. The molecule has 20 heavy (non-hydrogen) atoms. The van der Waals surface area contributed by atoms with Gasteiger partial charge in [-0.25, -0.2) is 9.37 Å². The molecule has 0 N–H and O–H groups in total. The summed E-state index contributed by atoms with van der Waals surface area (Å²) < 4.78 is 16.7. The minimum Gasteiger partial charge on any atom is -0.322 e. The highest BCUT2D eigenvalue weighted by atomic mass is 79.9. The van der Waals surface area contributed by atoms with Crippen LogP contribution in [0.3, 0.4) is 0 Å². The summed E-state index contributed by atoms with van der Waals surface area (Å²) in [6.45, 7) is 12.3. The molecule has 0 amide bonds. The van der Waals surface area contributed by atoms with Crippen molar-refractivity contribution in [2.24, 2.45) is 0 Å². The summed E-state index contributed by atoms with van der Waals surface area (Å²) >= 11 is 3.33. The van der Waals surface area contributed by atoms with Gasteiger partial charge in [0.25, 0.3) is 0 Å². The quantitative estimate of drug-likeness (QED) is 0.602. The Hall–Kier alpha value is -0.900. The van der Waals surface area contributed by atoms with Crippen LogP contribution in [0.2, 0.25) is 0 Å². The van der Waals surface area contributed by atoms with Crippen molar-refractivity contribution in [3.8, 4) is 0 Å². The molecule has 2 aromatic rings. The van der Waals surface area contributed by atoms with Crippen molar-refractivity contribution < 1.29 is 4.39 Å². The fourth-order valence-electron chi connectivity index (χ4n) is 2.52. The van der Waals surface area contributed by atoms with Crippen LogP contribution in [0.1, 0.15) is 53.8 Å². The van der Waals surface area contributed by atoms with Crippen LogP contribution in [0.25, 0.3) is 11.0 Å². The largest absolute Gasteiger partial charge is 0.322 e. The zero-order valence-corrected chi connectivity index (χ0v) is 14.8. The Morgan fingerprint density at radius 2 is 1.80 bits per heavy atom. The van der Waals surface area contributed by atoms with E-state index < -0.39 is 0 Å². The third-order valence-electron chi connectivity index (χ3n) is 3.31. The van der Waals surface area contributed by atoms with E-state index in [2.05, 4.69) is 39.3 Å². The second kappa shape index (κ2) is 6.70. The molecule has 0 radical (unpaired) electrons. The molecule has 1 aromatic heterocycles. The summed E-state index contributed by atoms with van der Waals surface area (Å²) in [7, 11) is 0. The zero-order valence-electron chi connectivity index (χ0n) is 13.2. The van der Waals surface area contributed by atoms with E-state index in [1.165, 1.54) is 6.07 Å². The number of nitrogens with zero attached hydrogens (tertiary/aromatic N) is 2. The molecule has 0 aliphatic carbocycles. The van der Waals surface area contributed by atoms with E-state index in [-0.39, 0.29) is 11.4 Å². The van der Waals surface area contributed by atoms with Gasteiger partial charge in [0.15, 0.2) is 5.82 Å². The van der Waals surface area contributed by atoms with Crippen LogP contribution in [0.15, 0.2) is 16.6 Å². The number of hydrogen-bond acceptors (Lipinski definition) is 1. The molecule has 1 aromatic carbocycles. The van der Waals surface area contributed by atoms with E-state index in [9.17, 15) is 4.39 Å². The van der Waals surface area contributed by atoms with E-state index in [0.29, 0.717) is 5.52 Å². The van der Waals surface area contributed by atoms with Crippen molar-refractivity contribution in [2.45, 2.75) is 59.9 Å². The fourth-order valence-corrected chi connectivity index (χ4v) is 2.94. The molecule has 4 heteroatoms. The summed E-state index contributed by atoms with van der Waals surface area (Å²) in [5.74, 6) is 0.749. The first-order chi connectivity index (χ1) is 9.49. The predicted molar refractivity (Wildman–Crippen MR) is 87.7 cm³/mol. The minimum absolute atomic E-state index is 0.0390. The maximum Gasteiger partial charge on any atom is 0.152 e. The minimum atomic E-state index is -0.248. The SMILES string of the molecule is CC.CC.CC1(C)CCc2nc3c(F)cc(Br)cc3n21. The Morgan fingerprint density at radius 1 is 1.20 bits per heavy atom. The maximum absolute atomic E-state index is 13.7. The zero-order chi connectivity index (χ0) is 15.5. The smallest absolute Gasteiger partial charge is 0.152 e. The monoisotopic (exact) mass is 342 g/mol. The Bertz CT molecular complexity index is 588. The average Bonchev–Trinajstić information content (AvgIpc) is 2.94. The Balaban J connectivity index is 0.000000461. The molecule has 3 rings (SSSR count). The molecule has 0 unspecified atom stereocenters. The highest BCUT2D eigenvalue weighted by molar-refractivity contribution is 9.10. The molecule has 0 saturated carbocycles. The van der Waals surface area contributed by atoms with Crippen LogP contribution in [-0.2, 0) is 12.0 Å². The van der Waals surface area contributed by atoms with Gasteiger partial charge in [-0.15, -0.1) is 0 Å². The molecule has 0 bridgehead atoms. The van der Waals surface area contributed by atoms with Crippen molar-refractivity contribution in [2.75, 3.05) is 0 Å². The summed E-state index contributed by atoms with van der Waals surface area (Å²) in [6, 6.07) is 3.42. The van der Waals surface area contributed by atoms with Gasteiger partial charge in [0.2, 0.25) is 0 Å². The number of aromatic nitrogens is 2. The maximum atomic E-state index is 13.7. The standard InChI is InChI=1S/C12H12BrFN2.2C2H6/c1-12(2)4-3-10-15-11-8(14)5-7(13)6-9(11)16(10)12;2*1-2/h5-6H,3-4H2,1-2H3;2*1-2H3. The summed E-state index contributed by atoms with van der Waals surface area (Å²) in [5, 5.41) is 0. The fraction of sp³-hybridized carbons (Fsp3) is 0.562. The number of fused-ring (bicyclic) bond motifs is 3. The topological polar surface area (TPSA) is 17.8 Å². The van der Waals surface area contributed by atoms with E-state index in [1.54, 1.807) is 0 Å². The Morgan fingerprint density at radius 3 is 2.40 bits per heavy atom. The number of imidazole rings is 1. The lowest BCUT2D eigenvalue weighted by Gasteiger charge is -2.21. The molecule has 1 aliphatic heterocycles. The third kappa shape index (κ3) is 2.90. The lowest BCUT2D eigenvalue weighted by atomic mass is 10.0. The number of aryl methyl sites for hydroxylation is 1. The highest BCUT2D eigenvalue weighted by Crippen LogP contribution is 2.36. The van der Waals surface area contributed by atoms with Crippen LogP contribution in [0, 0.1) is 5.82 Å². The molecule has 0 spiro atoms. The molecular weight excluding hydrogens is 319 g/mol. The van der Waals surface area contributed by atoms with Gasteiger partial charge in [0.05, 0.1) is 5.52 Å². The second-order valence-corrected chi connectivity index (χ2v) is 5.85. The van der Waals surface area contributed by atoms with Gasteiger partial charge in [-0.1, -0.05) is 43.6 Å². The van der Waals surface area contributed by atoms with Crippen LogP contribution >= 0.6 is 15.9 Å². The molecule has 112 valence electrons. The molecule has 0 saturated heterocycles. The molecule has 0 fully saturated rings. The van der Waals surface area contributed by atoms with Crippen LogP contribution in [0.5, 0.6) is 0 Å². The predicted octanol–water partition coefficient (Wildman–Crippen LogP) is 5.67. The summed E-state index contributed by atoms with van der Waals surface area (Å²) in [5.41, 5.74) is 1.42. The number of rotatable bonds is 0. The van der Waals surface area contributed by atoms with Gasteiger partial charge in [-0.3, -0.25) is 0 Å². The number of benzene rings is 1. The van der Waals surface area contributed by atoms with E-state index >= 15 is 0 Å². The van der Waals surface area contributed by atoms with Crippen molar-refractivity contribution in [3.05, 3.63) is 28.2 Å². The van der Waals surface area contributed by atoms with E-state index in [4.69, 9.17) is 0 Å². The van der Waals surface area contributed by atoms with Gasteiger partial charge in [0, 0.05) is 16.4 Å². The van der Waals surface area contributed by atoms with Gasteiger partial charge < -0.3 is 4.57 Å². The Kier molecular flexibility index (Phi) is 5.75. The molecule has 2 heterocycles. The van der Waals surface area contributed by atoms with Gasteiger partial charge in [0.1, 0.15) is 11.3 Å². The molecule has 1 aliphatic rings.